The summed E-state index contributed by atoms with van der Waals surface area (Å²) in [5.41, 5.74) is 2.18. The Hall–Kier alpha value is -4.12. The van der Waals surface area contributed by atoms with Gasteiger partial charge in [-0.2, -0.15) is 10.1 Å². The first-order valence-corrected chi connectivity index (χ1v) is 13.3. The van der Waals surface area contributed by atoms with Gasteiger partial charge >= 0.3 is 0 Å². The highest BCUT2D eigenvalue weighted by atomic mass is 32.2. The van der Waals surface area contributed by atoms with Crippen molar-refractivity contribution in [2.24, 2.45) is 0 Å². The van der Waals surface area contributed by atoms with Crippen LogP contribution in [0.3, 0.4) is 0 Å². The molecule has 4 aromatic rings. The van der Waals surface area contributed by atoms with Crippen molar-refractivity contribution in [3.8, 4) is 28.9 Å². The molecule has 1 N–H and O–H groups in total. The fourth-order valence-electron chi connectivity index (χ4n) is 3.70. The third kappa shape index (κ3) is 6.18. The summed E-state index contributed by atoms with van der Waals surface area (Å²) in [5.74, 6) is 2.64. The van der Waals surface area contributed by atoms with Crippen LogP contribution in [-0.4, -0.2) is 41.4 Å². The third-order valence-electron chi connectivity index (χ3n) is 5.17. The first kappa shape index (κ1) is 26.0. The van der Waals surface area contributed by atoms with E-state index in [1.54, 1.807) is 61.0 Å². The molecule has 0 bridgehead atoms. The lowest BCUT2D eigenvalue weighted by molar-refractivity contribution is 0.322. The minimum atomic E-state index is -3.95. The molecule has 0 unspecified atom stereocenters. The number of aryl methyl sites for hydroxylation is 3. The molecule has 0 aliphatic rings. The molecule has 2 heterocycles. The number of hydrogen-bond donors (Lipinski definition) is 1. The maximum Gasteiger partial charge on any atom is 0.265 e. The van der Waals surface area contributed by atoms with E-state index < -0.39 is 10.0 Å². The van der Waals surface area contributed by atoms with Gasteiger partial charge in [-0.05, 0) is 77.1 Å². The van der Waals surface area contributed by atoms with Crippen molar-refractivity contribution in [2.45, 2.75) is 39.5 Å². The van der Waals surface area contributed by atoms with E-state index in [-0.39, 0.29) is 10.6 Å². The highest BCUT2D eigenvalue weighted by Crippen LogP contribution is 2.31. The maximum absolute atomic E-state index is 13.2. The average molecular weight is 524 g/mol. The van der Waals surface area contributed by atoms with Crippen molar-refractivity contribution in [2.75, 3.05) is 17.9 Å². The van der Waals surface area contributed by atoms with Gasteiger partial charge < -0.3 is 14.2 Å². The largest absolute Gasteiger partial charge is 0.494 e. The number of ether oxygens (including phenoxy) is 3. The van der Waals surface area contributed by atoms with Crippen molar-refractivity contribution in [1.82, 2.24) is 19.7 Å². The minimum Gasteiger partial charge on any atom is -0.494 e. The SMILES string of the molecule is CCOc1ccc(OCC)c(S(=O)(=O)Nc2ccc(Oc3cc(-n4nc(C)cc4C)nc(C)n3)cc2)c1. The smallest absolute Gasteiger partial charge is 0.265 e. The number of aromatic nitrogens is 4. The Morgan fingerprint density at radius 3 is 2.22 bits per heavy atom. The summed E-state index contributed by atoms with van der Waals surface area (Å²) in [6.07, 6.45) is 0. The van der Waals surface area contributed by atoms with Crippen LogP contribution in [0.25, 0.3) is 5.82 Å². The molecule has 0 aliphatic carbocycles. The summed E-state index contributed by atoms with van der Waals surface area (Å²) in [7, 11) is -3.95. The van der Waals surface area contributed by atoms with Crippen molar-refractivity contribution in [3.63, 3.8) is 0 Å². The molecule has 0 amide bonds. The lowest BCUT2D eigenvalue weighted by Crippen LogP contribution is -2.14. The van der Waals surface area contributed by atoms with Crippen molar-refractivity contribution in [1.29, 1.82) is 0 Å². The van der Waals surface area contributed by atoms with Crippen LogP contribution in [0.4, 0.5) is 5.69 Å². The van der Waals surface area contributed by atoms with E-state index in [2.05, 4.69) is 19.8 Å². The van der Waals surface area contributed by atoms with Gasteiger partial charge in [-0.25, -0.2) is 18.1 Å². The molecule has 0 radical (unpaired) electrons. The van der Waals surface area contributed by atoms with Gasteiger partial charge in [-0.3, -0.25) is 4.72 Å². The first-order chi connectivity index (χ1) is 17.7. The topological polar surface area (TPSA) is 117 Å². The molecule has 0 saturated carbocycles. The van der Waals surface area contributed by atoms with Crippen molar-refractivity contribution in [3.05, 3.63) is 71.8 Å². The second kappa shape index (κ2) is 10.9. The van der Waals surface area contributed by atoms with Gasteiger partial charge in [0.05, 0.1) is 18.9 Å². The normalized spacial score (nSPS) is 11.3. The molecule has 37 heavy (non-hydrogen) atoms. The van der Waals surface area contributed by atoms with Crippen LogP contribution in [0.5, 0.6) is 23.1 Å². The van der Waals surface area contributed by atoms with Crippen LogP contribution in [0.15, 0.2) is 59.5 Å². The van der Waals surface area contributed by atoms with Gasteiger partial charge in [0, 0.05) is 23.5 Å². The van der Waals surface area contributed by atoms with E-state index in [9.17, 15) is 8.42 Å². The second-order valence-corrected chi connectivity index (χ2v) is 9.81. The highest BCUT2D eigenvalue weighted by Gasteiger charge is 2.21. The van der Waals surface area contributed by atoms with Gasteiger partial charge in [-0.1, -0.05) is 0 Å². The number of anilines is 1. The fraction of sp³-hybridized carbons (Fsp3) is 0.269. The summed E-state index contributed by atoms with van der Waals surface area (Å²) in [5, 5.41) is 4.46. The Kier molecular flexibility index (Phi) is 7.63. The Bertz CT molecular complexity index is 1500. The number of nitrogens with one attached hydrogen (secondary N) is 1. The standard InChI is InChI=1S/C26H29N5O5S/c1-6-34-22-12-13-23(35-7-2)24(15-22)37(32,33)30-20-8-10-21(11-9-20)36-26-16-25(27-19(5)28-26)31-18(4)14-17(3)29-31/h8-16,30H,6-7H2,1-5H3. The molecule has 0 aliphatic heterocycles. The molecular weight excluding hydrogens is 494 g/mol. The fourth-order valence-corrected chi connectivity index (χ4v) is 4.92. The van der Waals surface area contributed by atoms with E-state index in [4.69, 9.17) is 14.2 Å². The van der Waals surface area contributed by atoms with Crippen LogP contribution in [-0.2, 0) is 10.0 Å². The lowest BCUT2D eigenvalue weighted by atomic mass is 10.3. The molecule has 2 aromatic heterocycles. The quantitative estimate of drug-likeness (QED) is 0.309. The van der Waals surface area contributed by atoms with E-state index >= 15 is 0 Å². The Balaban J connectivity index is 1.54. The predicted molar refractivity (Wildman–Crippen MR) is 139 cm³/mol. The molecule has 4 rings (SSSR count). The summed E-state index contributed by atoms with van der Waals surface area (Å²) in [6, 6.07) is 14.9. The Labute approximate surface area is 216 Å². The van der Waals surface area contributed by atoms with Gasteiger partial charge in [0.1, 0.15) is 28.0 Å². The number of rotatable bonds is 10. The van der Waals surface area contributed by atoms with E-state index in [0.717, 1.165) is 11.4 Å². The number of nitrogens with zero attached hydrogens (tertiary/aromatic N) is 4. The van der Waals surface area contributed by atoms with Crippen molar-refractivity contribution >= 4 is 15.7 Å². The third-order valence-corrected chi connectivity index (χ3v) is 6.57. The zero-order valence-corrected chi connectivity index (χ0v) is 22.2. The minimum absolute atomic E-state index is 0.00577. The molecule has 2 aromatic carbocycles. The van der Waals surface area contributed by atoms with Crippen LogP contribution < -0.4 is 18.9 Å². The van der Waals surface area contributed by atoms with Crippen LogP contribution in [0, 0.1) is 20.8 Å². The summed E-state index contributed by atoms with van der Waals surface area (Å²) >= 11 is 0. The Morgan fingerprint density at radius 1 is 0.865 bits per heavy atom. The molecule has 0 spiro atoms. The van der Waals surface area contributed by atoms with Gasteiger partial charge in [0.2, 0.25) is 5.88 Å². The molecule has 11 heteroatoms. The molecule has 0 fully saturated rings. The molecular formula is C26H29N5O5S. The first-order valence-electron chi connectivity index (χ1n) is 11.8. The van der Waals surface area contributed by atoms with Gasteiger partial charge in [-0.15, -0.1) is 0 Å². The highest BCUT2D eigenvalue weighted by molar-refractivity contribution is 7.92. The monoisotopic (exact) mass is 523 g/mol. The zero-order valence-electron chi connectivity index (χ0n) is 21.3. The molecule has 10 nitrogen and oxygen atoms in total. The number of hydrogen-bond acceptors (Lipinski definition) is 8. The van der Waals surface area contributed by atoms with Crippen LogP contribution in [0.1, 0.15) is 31.1 Å². The number of benzene rings is 2. The van der Waals surface area contributed by atoms with Crippen LogP contribution in [0.2, 0.25) is 0 Å². The summed E-state index contributed by atoms with van der Waals surface area (Å²) in [6.45, 7) is 9.99. The zero-order chi connectivity index (χ0) is 26.6. The average Bonchev–Trinajstić information content (AvgIpc) is 3.19. The number of sulfonamides is 1. The maximum atomic E-state index is 13.2. The van der Waals surface area contributed by atoms with Gasteiger partial charge in [0.25, 0.3) is 10.0 Å². The summed E-state index contributed by atoms with van der Waals surface area (Å²) in [4.78, 5) is 8.80. The van der Waals surface area contributed by atoms with E-state index in [1.165, 1.54) is 6.07 Å². The molecule has 0 atom stereocenters. The van der Waals surface area contributed by atoms with E-state index in [1.807, 2.05) is 26.8 Å². The van der Waals surface area contributed by atoms with E-state index in [0.29, 0.717) is 47.9 Å². The predicted octanol–water partition coefficient (Wildman–Crippen LogP) is 4.98. The Morgan fingerprint density at radius 2 is 1.57 bits per heavy atom. The van der Waals surface area contributed by atoms with Crippen LogP contribution >= 0.6 is 0 Å². The molecule has 194 valence electrons. The molecule has 0 saturated heterocycles. The van der Waals surface area contributed by atoms with Gasteiger partial charge in [0.15, 0.2) is 5.82 Å². The lowest BCUT2D eigenvalue weighted by Gasteiger charge is -2.14. The summed E-state index contributed by atoms with van der Waals surface area (Å²) < 4.78 is 47.6. The second-order valence-electron chi connectivity index (χ2n) is 8.16. The van der Waals surface area contributed by atoms with Crippen molar-refractivity contribution < 1.29 is 22.6 Å².